The van der Waals surface area contributed by atoms with Crippen molar-refractivity contribution in [2.45, 2.75) is 31.2 Å². The molecule has 130 valence electrons. The summed E-state index contributed by atoms with van der Waals surface area (Å²) in [5.41, 5.74) is 1.49. The van der Waals surface area contributed by atoms with Crippen LogP contribution in [-0.4, -0.2) is 15.5 Å². The van der Waals surface area contributed by atoms with Crippen LogP contribution in [0.5, 0.6) is 5.75 Å². The van der Waals surface area contributed by atoms with Crippen molar-refractivity contribution in [3.8, 4) is 5.75 Å². The zero-order valence-corrected chi connectivity index (χ0v) is 16.0. The Bertz CT molecular complexity index is 836. The van der Waals surface area contributed by atoms with Crippen LogP contribution in [0.3, 0.4) is 0 Å². The van der Waals surface area contributed by atoms with E-state index in [4.69, 9.17) is 27.9 Å². The molecule has 2 aromatic carbocycles. The maximum absolute atomic E-state index is 12.5. The highest BCUT2D eigenvalue weighted by molar-refractivity contribution is 7.89. The van der Waals surface area contributed by atoms with Gasteiger partial charge in [0.1, 0.15) is 5.75 Å². The van der Waals surface area contributed by atoms with Gasteiger partial charge >= 0.3 is 0 Å². The normalized spacial score (nSPS) is 11.8. The van der Waals surface area contributed by atoms with Gasteiger partial charge in [-0.05, 0) is 47.4 Å². The van der Waals surface area contributed by atoms with Crippen LogP contribution in [-0.2, 0) is 16.6 Å². The number of ether oxygens (including phenoxy) is 1. The van der Waals surface area contributed by atoms with Crippen LogP contribution in [0.2, 0.25) is 10.0 Å². The van der Waals surface area contributed by atoms with Crippen molar-refractivity contribution in [3.63, 3.8) is 0 Å². The molecule has 0 bridgehead atoms. The Labute approximate surface area is 152 Å². The molecular weight excluding hydrogens is 369 g/mol. The molecule has 0 amide bonds. The van der Waals surface area contributed by atoms with Crippen LogP contribution in [0.25, 0.3) is 0 Å². The third-order valence-electron chi connectivity index (χ3n) is 3.60. The molecule has 2 rings (SSSR count). The average Bonchev–Trinajstić information content (AvgIpc) is 2.53. The van der Waals surface area contributed by atoms with Crippen molar-refractivity contribution in [2.75, 3.05) is 7.11 Å². The molecule has 0 aliphatic carbocycles. The molecule has 0 saturated carbocycles. The number of sulfonamides is 1. The third-order valence-corrected chi connectivity index (χ3v) is 5.59. The minimum atomic E-state index is -3.66. The SMILES string of the molecule is COc1ccc(S(=O)(=O)NCc2ccc(Cl)cc2Cl)cc1C(C)C. The molecule has 0 atom stereocenters. The molecule has 0 unspecified atom stereocenters. The molecule has 0 spiro atoms. The molecule has 0 radical (unpaired) electrons. The van der Waals surface area contributed by atoms with E-state index in [0.29, 0.717) is 21.4 Å². The molecule has 0 aliphatic rings. The lowest BCUT2D eigenvalue weighted by Crippen LogP contribution is -2.23. The summed E-state index contributed by atoms with van der Waals surface area (Å²) in [6.07, 6.45) is 0. The van der Waals surface area contributed by atoms with Crippen molar-refractivity contribution in [3.05, 3.63) is 57.6 Å². The van der Waals surface area contributed by atoms with E-state index in [0.717, 1.165) is 5.56 Å². The summed E-state index contributed by atoms with van der Waals surface area (Å²) in [5, 5.41) is 0.922. The zero-order chi connectivity index (χ0) is 17.9. The number of hydrogen-bond acceptors (Lipinski definition) is 3. The van der Waals surface area contributed by atoms with Gasteiger partial charge in [0.05, 0.1) is 12.0 Å². The van der Waals surface area contributed by atoms with Crippen molar-refractivity contribution in [1.29, 1.82) is 0 Å². The number of hydrogen-bond donors (Lipinski definition) is 1. The lowest BCUT2D eigenvalue weighted by atomic mass is 10.0. The fourth-order valence-corrected chi connectivity index (χ4v) is 3.77. The third kappa shape index (κ3) is 4.42. The fourth-order valence-electron chi connectivity index (χ4n) is 2.25. The first kappa shape index (κ1) is 19.1. The summed E-state index contributed by atoms with van der Waals surface area (Å²) in [6.45, 7) is 4.05. The van der Waals surface area contributed by atoms with Gasteiger partial charge in [-0.25, -0.2) is 13.1 Å². The van der Waals surface area contributed by atoms with Gasteiger partial charge in [-0.15, -0.1) is 0 Å². The van der Waals surface area contributed by atoms with Crippen molar-refractivity contribution < 1.29 is 13.2 Å². The predicted octanol–water partition coefficient (Wildman–Crippen LogP) is 4.60. The largest absolute Gasteiger partial charge is 0.496 e. The highest BCUT2D eigenvalue weighted by Gasteiger charge is 2.18. The van der Waals surface area contributed by atoms with E-state index >= 15 is 0 Å². The second-order valence-electron chi connectivity index (χ2n) is 5.62. The van der Waals surface area contributed by atoms with Gasteiger partial charge in [-0.1, -0.05) is 43.1 Å². The minimum absolute atomic E-state index is 0.0847. The topological polar surface area (TPSA) is 55.4 Å². The molecule has 0 saturated heterocycles. The fraction of sp³-hybridized carbons (Fsp3) is 0.294. The maximum atomic E-state index is 12.5. The van der Waals surface area contributed by atoms with Gasteiger partial charge in [0.25, 0.3) is 0 Å². The summed E-state index contributed by atoms with van der Waals surface area (Å²) in [4.78, 5) is 0.192. The quantitative estimate of drug-likeness (QED) is 0.787. The van der Waals surface area contributed by atoms with Crippen molar-refractivity contribution in [2.24, 2.45) is 0 Å². The zero-order valence-electron chi connectivity index (χ0n) is 13.6. The Morgan fingerprint density at radius 3 is 2.42 bits per heavy atom. The van der Waals surface area contributed by atoms with Gasteiger partial charge in [0.15, 0.2) is 0 Å². The second kappa shape index (κ2) is 7.74. The van der Waals surface area contributed by atoms with Crippen molar-refractivity contribution >= 4 is 33.2 Å². The molecular formula is C17H19Cl2NO3S. The van der Waals surface area contributed by atoms with Crippen LogP contribution in [0.15, 0.2) is 41.3 Å². The molecule has 0 aromatic heterocycles. The highest BCUT2D eigenvalue weighted by Crippen LogP contribution is 2.29. The number of nitrogens with one attached hydrogen (secondary N) is 1. The maximum Gasteiger partial charge on any atom is 0.240 e. The van der Waals surface area contributed by atoms with Gasteiger partial charge in [0, 0.05) is 16.6 Å². The Kier molecular flexibility index (Phi) is 6.15. The molecule has 24 heavy (non-hydrogen) atoms. The molecule has 7 heteroatoms. The van der Waals surface area contributed by atoms with Crippen LogP contribution in [0.1, 0.15) is 30.9 Å². The van der Waals surface area contributed by atoms with Crippen molar-refractivity contribution in [1.82, 2.24) is 4.72 Å². The number of benzene rings is 2. The summed E-state index contributed by atoms with van der Waals surface area (Å²) < 4.78 is 32.9. The lowest BCUT2D eigenvalue weighted by molar-refractivity contribution is 0.407. The number of halogens is 2. The van der Waals surface area contributed by atoms with Crippen LogP contribution in [0, 0.1) is 0 Å². The number of methoxy groups -OCH3 is 1. The monoisotopic (exact) mass is 387 g/mol. The summed E-state index contributed by atoms with van der Waals surface area (Å²) >= 11 is 11.9. The standard InChI is InChI=1S/C17H19Cl2NO3S/c1-11(2)15-9-14(6-7-17(15)23-3)24(21,22)20-10-12-4-5-13(18)8-16(12)19/h4-9,11,20H,10H2,1-3H3. The Morgan fingerprint density at radius 2 is 1.83 bits per heavy atom. The van der Waals surface area contributed by atoms with Gasteiger partial charge < -0.3 is 4.74 Å². The summed E-state index contributed by atoms with van der Waals surface area (Å²) in [5.74, 6) is 0.811. The minimum Gasteiger partial charge on any atom is -0.496 e. The Morgan fingerprint density at radius 1 is 1.12 bits per heavy atom. The first-order valence-corrected chi connectivity index (χ1v) is 9.60. The van der Waals surface area contributed by atoms with Gasteiger partial charge in [0.2, 0.25) is 10.0 Å². The van der Waals surface area contributed by atoms with Crippen LogP contribution < -0.4 is 9.46 Å². The average molecular weight is 388 g/mol. The molecule has 0 aliphatic heterocycles. The number of rotatable bonds is 6. The van der Waals surface area contributed by atoms with E-state index in [1.807, 2.05) is 13.8 Å². The highest BCUT2D eigenvalue weighted by atomic mass is 35.5. The van der Waals surface area contributed by atoms with Gasteiger partial charge in [-0.3, -0.25) is 0 Å². The summed E-state index contributed by atoms with van der Waals surface area (Å²) in [6, 6.07) is 9.77. The molecule has 0 heterocycles. The predicted molar refractivity (Wildman–Crippen MR) is 97.6 cm³/mol. The van der Waals surface area contributed by atoms with Gasteiger partial charge in [-0.2, -0.15) is 0 Å². The summed E-state index contributed by atoms with van der Waals surface area (Å²) in [7, 11) is -2.10. The molecule has 1 N–H and O–H groups in total. The van der Waals surface area contributed by atoms with E-state index in [9.17, 15) is 8.42 Å². The van der Waals surface area contributed by atoms with E-state index in [1.54, 1.807) is 37.4 Å². The second-order valence-corrected chi connectivity index (χ2v) is 8.23. The van der Waals surface area contributed by atoms with Crippen LogP contribution >= 0.6 is 23.2 Å². The first-order chi connectivity index (χ1) is 11.2. The molecule has 2 aromatic rings. The van der Waals surface area contributed by atoms with Crippen LogP contribution in [0.4, 0.5) is 0 Å². The van der Waals surface area contributed by atoms with E-state index in [2.05, 4.69) is 4.72 Å². The molecule has 0 fully saturated rings. The lowest BCUT2D eigenvalue weighted by Gasteiger charge is -2.14. The molecule has 4 nitrogen and oxygen atoms in total. The van der Waals surface area contributed by atoms with E-state index < -0.39 is 10.0 Å². The van der Waals surface area contributed by atoms with E-state index in [1.165, 1.54) is 6.07 Å². The smallest absolute Gasteiger partial charge is 0.240 e. The first-order valence-electron chi connectivity index (χ1n) is 7.36. The Hall–Kier alpha value is -1.27. The van der Waals surface area contributed by atoms with E-state index in [-0.39, 0.29) is 17.4 Å². The Balaban J connectivity index is 2.25.